The maximum Gasteiger partial charge on any atom is 0.254 e. The highest BCUT2D eigenvalue weighted by molar-refractivity contribution is 5.94. The predicted octanol–water partition coefficient (Wildman–Crippen LogP) is 2.37. The van der Waals surface area contributed by atoms with E-state index < -0.39 is 0 Å². The zero-order chi connectivity index (χ0) is 16.9. The molecule has 1 aromatic heterocycles. The molecule has 1 saturated heterocycles. The van der Waals surface area contributed by atoms with Crippen LogP contribution in [0.5, 0.6) is 0 Å². The monoisotopic (exact) mass is 326 g/mol. The minimum absolute atomic E-state index is 0.0141. The molecular weight excluding hydrogens is 300 g/mol. The first-order chi connectivity index (χ1) is 11.6. The maximum absolute atomic E-state index is 12.2. The number of nitrogens with zero attached hydrogens (tertiary/aromatic N) is 3. The topological polar surface area (TPSA) is 50.2 Å². The van der Waals surface area contributed by atoms with Crippen LogP contribution in [0.2, 0.25) is 0 Å². The van der Waals surface area contributed by atoms with E-state index in [1.54, 1.807) is 10.9 Å². The smallest absolute Gasteiger partial charge is 0.254 e. The van der Waals surface area contributed by atoms with Crippen LogP contribution in [0.25, 0.3) is 0 Å². The fraction of sp³-hybridized carbons (Fsp3) is 0.474. The Morgan fingerprint density at radius 3 is 2.83 bits per heavy atom. The van der Waals surface area contributed by atoms with Gasteiger partial charge in [-0.1, -0.05) is 30.3 Å². The van der Waals surface area contributed by atoms with E-state index in [4.69, 9.17) is 0 Å². The Labute approximate surface area is 143 Å². The number of nitrogens with one attached hydrogen (secondary N) is 1. The summed E-state index contributed by atoms with van der Waals surface area (Å²) in [6.45, 7) is 5.90. The lowest BCUT2D eigenvalue weighted by atomic mass is 10.1. The molecule has 24 heavy (non-hydrogen) atoms. The van der Waals surface area contributed by atoms with Crippen molar-refractivity contribution in [1.82, 2.24) is 20.0 Å². The van der Waals surface area contributed by atoms with Crippen LogP contribution >= 0.6 is 0 Å². The van der Waals surface area contributed by atoms with Crippen molar-refractivity contribution in [1.29, 1.82) is 0 Å². The zero-order valence-electron chi connectivity index (χ0n) is 14.5. The number of aromatic nitrogens is 2. The SMILES string of the molecule is Cc1nn(C)cc1C(=O)NCC[C@@H]1CCN(Cc2ccccc2)C1. The van der Waals surface area contributed by atoms with Crippen molar-refractivity contribution in [3.8, 4) is 0 Å². The third-order valence-corrected chi connectivity index (χ3v) is 4.72. The highest BCUT2D eigenvalue weighted by Crippen LogP contribution is 2.21. The fourth-order valence-corrected chi connectivity index (χ4v) is 3.44. The van der Waals surface area contributed by atoms with Gasteiger partial charge in [0.1, 0.15) is 0 Å². The molecule has 0 unspecified atom stereocenters. The minimum Gasteiger partial charge on any atom is -0.352 e. The summed E-state index contributed by atoms with van der Waals surface area (Å²) >= 11 is 0. The van der Waals surface area contributed by atoms with Gasteiger partial charge in [-0.3, -0.25) is 14.4 Å². The summed E-state index contributed by atoms with van der Waals surface area (Å²) in [7, 11) is 1.84. The molecule has 1 N–H and O–H groups in total. The Bertz CT molecular complexity index is 680. The quantitative estimate of drug-likeness (QED) is 0.887. The molecule has 3 rings (SSSR count). The molecule has 1 aromatic carbocycles. The highest BCUT2D eigenvalue weighted by atomic mass is 16.1. The van der Waals surface area contributed by atoms with Gasteiger partial charge in [-0.15, -0.1) is 0 Å². The molecule has 1 atom stereocenters. The second-order valence-corrected chi connectivity index (χ2v) is 6.72. The van der Waals surface area contributed by atoms with Gasteiger partial charge in [0.15, 0.2) is 0 Å². The molecule has 1 aliphatic heterocycles. The van der Waals surface area contributed by atoms with E-state index in [0.717, 1.165) is 38.3 Å². The number of aryl methyl sites for hydroxylation is 2. The molecule has 0 saturated carbocycles. The zero-order valence-corrected chi connectivity index (χ0v) is 14.5. The van der Waals surface area contributed by atoms with Gasteiger partial charge in [0.05, 0.1) is 11.3 Å². The average molecular weight is 326 g/mol. The summed E-state index contributed by atoms with van der Waals surface area (Å²) in [5.41, 5.74) is 2.83. The van der Waals surface area contributed by atoms with Crippen LogP contribution in [0.1, 0.15) is 34.5 Å². The van der Waals surface area contributed by atoms with E-state index in [1.165, 1.54) is 12.0 Å². The van der Waals surface area contributed by atoms with Gasteiger partial charge in [-0.05, 0) is 37.8 Å². The largest absolute Gasteiger partial charge is 0.352 e. The van der Waals surface area contributed by atoms with Crippen molar-refractivity contribution in [2.75, 3.05) is 19.6 Å². The molecule has 0 aliphatic carbocycles. The molecule has 0 bridgehead atoms. The molecule has 1 aliphatic rings. The van der Waals surface area contributed by atoms with Crippen molar-refractivity contribution in [2.24, 2.45) is 13.0 Å². The lowest BCUT2D eigenvalue weighted by Crippen LogP contribution is -2.27. The summed E-state index contributed by atoms with van der Waals surface area (Å²) in [5.74, 6) is 0.656. The second kappa shape index (κ2) is 7.62. The summed E-state index contributed by atoms with van der Waals surface area (Å²) < 4.78 is 1.68. The van der Waals surface area contributed by atoms with Crippen LogP contribution in [0.4, 0.5) is 0 Å². The number of hydrogen-bond donors (Lipinski definition) is 1. The van der Waals surface area contributed by atoms with Gasteiger partial charge in [-0.25, -0.2) is 0 Å². The van der Waals surface area contributed by atoms with Crippen molar-refractivity contribution in [3.05, 3.63) is 53.3 Å². The van der Waals surface area contributed by atoms with Gasteiger partial charge in [0.25, 0.3) is 5.91 Å². The van der Waals surface area contributed by atoms with Crippen molar-refractivity contribution in [2.45, 2.75) is 26.3 Å². The average Bonchev–Trinajstić information content (AvgIpc) is 3.14. The summed E-state index contributed by atoms with van der Waals surface area (Å²) in [5, 5.41) is 7.25. The number of carbonyl (C=O) groups excluding carboxylic acids is 1. The summed E-state index contributed by atoms with van der Waals surface area (Å²) in [4.78, 5) is 14.7. The van der Waals surface area contributed by atoms with Gasteiger partial charge >= 0.3 is 0 Å². The predicted molar refractivity (Wildman–Crippen MR) is 94.7 cm³/mol. The molecule has 5 nitrogen and oxygen atoms in total. The normalized spacial score (nSPS) is 18.0. The Morgan fingerprint density at radius 2 is 2.12 bits per heavy atom. The molecule has 1 fully saturated rings. The van der Waals surface area contributed by atoms with Crippen LogP contribution in [0, 0.1) is 12.8 Å². The van der Waals surface area contributed by atoms with Crippen molar-refractivity contribution >= 4 is 5.91 Å². The van der Waals surface area contributed by atoms with Crippen LogP contribution in [0.15, 0.2) is 36.5 Å². The lowest BCUT2D eigenvalue weighted by molar-refractivity contribution is 0.0951. The van der Waals surface area contributed by atoms with E-state index in [2.05, 4.69) is 45.6 Å². The summed E-state index contributed by atoms with van der Waals surface area (Å²) in [6.07, 6.45) is 4.03. The lowest BCUT2D eigenvalue weighted by Gasteiger charge is -2.16. The van der Waals surface area contributed by atoms with E-state index in [-0.39, 0.29) is 5.91 Å². The third-order valence-electron chi connectivity index (χ3n) is 4.72. The van der Waals surface area contributed by atoms with E-state index >= 15 is 0 Å². The number of amides is 1. The van der Waals surface area contributed by atoms with Crippen LogP contribution in [-0.4, -0.2) is 40.2 Å². The Balaban J connectivity index is 1.40. The number of rotatable bonds is 6. The molecule has 1 amide bonds. The number of carbonyl (C=O) groups is 1. The van der Waals surface area contributed by atoms with Gasteiger partial charge in [0.2, 0.25) is 0 Å². The number of benzene rings is 1. The molecule has 0 radical (unpaired) electrons. The Kier molecular flexibility index (Phi) is 5.30. The standard InChI is InChI=1S/C19H26N4O/c1-15-18(14-22(2)21-15)19(24)20-10-8-17-9-11-23(13-17)12-16-6-4-3-5-7-16/h3-7,14,17H,8-13H2,1-2H3,(H,20,24)/t17-/m1/s1. The van der Waals surface area contributed by atoms with Crippen molar-refractivity contribution < 1.29 is 4.79 Å². The number of likely N-dealkylation sites (tertiary alicyclic amines) is 1. The first-order valence-electron chi connectivity index (χ1n) is 8.66. The fourth-order valence-electron chi connectivity index (χ4n) is 3.44. The first kappa shape index (κ1) is 16.7. The summed E-state index contributed by atoms with van der Waals surface area (Å²) in [6, 6.07) is 10.6. The van der Waals surface area contributed by atoms with E-state index in [1.807, 2.05) is 14.0 Å². The Hall–Kier alpha value is -2.14. The number of hydrogen-bond acceptors (Lipinski definition) is 3. The van der Waals surface area contributed by atoms with E-state index in [0.29, 0.717) is 11.5 Å². The molecule has 0 spiro atoms. The highest BCUT2D eigenvalue weighted by Gasteiger charge is 2.22. The third kappa shape index (κ3) is 4.23. The van der Waals surface area contributed by atoms with Crippen LogP contribution in [0.3, 0.4) is 0 Å². The molecule has 2 heterocycles. The molecule has 5 heteroatoms. The molecule has 2 aromatic rings. The van der Waals surface area contributed by atoms with Gasteiger partial charge < -0.3 is 5.32 Å². The van der Waals surface area contributed by atoms with Crippen LogP contribution in [-0.2, 0) is 13.6 Å². The first-order valence-corrected chi connectivity index (χ1v) is 8.66. The van der Waals surface area contributed by atoms with Gasteiger partial charge in [0, 0.05) is 32.9 Å². The Morgan fingerprint density at radius 1 is 1.33 bits per heavy atom. The van der Waals surface area contributed by atoms with Crippen molar-refractivity contribution in [3.63, 3.8) is 0 Å². The molecular formula is C19H26N4O. The van der Waals surface area contributed by atoms with E-state index in [9.17, 15) is 4.79 Å². The molecule has 128 valence electrons. The van der Waals surface area contributed by atoms with Gasteiger partial charge in [-0.2, -0.15) is 5.10 Å². The van der Waals surface area contributed by atoms with Crippen LogP contribution < -0.4 is 5.32 Å². The maximum atomic E-state index is 12.2. The minimum atomic E-state index is -0.0141. The second-order valence-electron chi connectivity index (χ2n) is 6.72.